The zero-order valence-electron chi connectivity index (χ0n) is 38.6. The van der Waals surface area contributed by atoms with Gasteiger partial charge in [-0.15, -0.1) is 0 Å². The van der Waals surface area contributed by atoms with Crippen LogP contribution in [0.1, 0.15) is 216 Å². The van der Waals surface area contributed by atoms with Gasteiger partial charge in [0.1, 0.15) is 31.0 Å². The Labute approximate surface area is 339 Å². The molecule has 2 saturated heterocycles. The molecule has 322 valence electrons. The van der Waals surface area contributed by atoms with Crippen LogP contribution in [0.5, 0.6) is 0 Å². The number of likely N-dealkylation sites (N-methyl/N-ethyl adjacent to an activating group) is 1. The number of nitrogens with zero attached hydrogens (tertiary/aromatic N) is 1. The Balaban J connectivity index is 2.05. The summed E-state index contributed by atoms with van der Waals surface area (Å²) < 4.78 is 34.8. The van der Waals surface area contributed by atoms with Crippen molar-refractivity contribution in [3.63, 3.8) is 0 Å². The maximum atomic E-state index is 7.28. The highest BCUT2D eigenvalue weighted by atomic mass is 28.4. The number of hydrogen-bond acceptors (Lipinski definition) is 5. The Morgan fingerprint density at radius 2 is 0.981 bits per heavy atom. The molecule has 0 saturated carbocycles. The standard InChI is InChI=1S/C47H96NO5Si/c1-13-15-17-19-21-23-25-27-29-31-33-35-37-48(10,38-36-34-32-30-28-26-24-22-20-18-16-14-2)39-41-43(52-47(8,9)50-41)44(42-40-49-46(6,7)51-42)53-54(11,12)45(3,4)5/h41-44H,13-40H2,1-12H3/q+1/t41-,42+,43+,44-/m0/s1. The third-order valence-corrected chi connectivity index (χ3v) is 17.4. The predicted octanol–water partition coefficient (Wildman–Crippen LogP) is 13.9. The van der Waals surface area contributed by atoms with Crippen LogP contribution in [0.15, 0.2) is 0 Å². The molecule has 54 heavy (non-hydrogen) atoms. The van der Waals surface area contributed by atoms with E-state index in [1.807, 2.05) is 13.8 Å². The summed E-state index contributed by atoms with van der Waals surface area (Å²) in [6.45, 7) is 28.3. The van der Waals surface area contributed by atoms with E-state index in [-0.39, 0.29) is 29.5 Å². The van der Waals surface area contributed by atoms with Crippen molar-refractivity contribution in [3.8, 4) is 0 Å². The highest BCUT2D eigenvalue weighted by Gasteiger charge is 2.55. The van der Waals surface area contributed by atoms with Crippen LogP contribution >= 0.6 is 0 Å². The Morgan fingerprint density at radius 3 is 1.33 bits per heavy atom. The molecule has 2 rings (SSSR count). The number of rotatable bonds is 32. The minimum absolute atomic E-state index is 0.0678. The molecule has 2 aliphatic rings. The van der Waals surface area contributed by atoms with Gasteiger partial charge >= 0.3 is 0 Å². The SMILES string of the molecule is CCCCCCCCCCCCCC[N+](C)(CCCCCCCCCCCCCC)C[C@@H]1OC(C)(C)O[C@H]1[C@@H](O[Si](C)(C)C(C)(C)C)[C@H]1COC(C)(C)O1. The maximum absolute atomic E-state index is 7.28. The number of unbranched alkanes of at least 4 members (excludes halogenated alkanes) is 22. The molecule has 2 heterocycles. The molecule has 4 atom stereocenters. The summed E-state index contributed by atoms with van der Waals surface area (Å²) in [5, 5.41) is 0.0680. The van der Waals surface area contributed by atoms with Crippen molar-refractivity contribution < 1.29 is 27.9 Å². The molecule has 0 bridgehead atoms. The maximum Gasteiger partial charge on any atom is 0.192 e. The molecule has 6 nitrogen and oxygen atoms in total. The molecule has 0 aromatic carbocycles. The Kier molecular flexibility index (Phi) is 23.6. The van der Waals surface area contributed by atoms with Gasteiger partial charge in [0.15, 0.2) is 19.9 Å². The summed E-state index contributed by atoms with van der Waals surface area (Å²) in [4.78, 5) is 0. The average molecular weight is 783 g/mol. The molecule has 0 radical (unpaired) electrons. The van der Waals surface area contributed by atoms with Crippen molar-refractivity contribution >= 4 is 8.32 Å². The molecular formula is C47H96NO5Si+. The first kappa shape index (κ1) is 50.1. The van der Waals surface area contributed by atoms with E-state index in [1.54, 1.807) is 0 Å². The highest BCUT2D eigenvalue weighted by Crippen LogP contribution is 2.42. The smallest absolute Gasteiger partial charge is 0.192 e. The van der Waals surface area contributed by atoms with Gasteiger partial charge in [-0.3, -0.25) is 0 Å². The normalized spacial score (nSPS) is 22.3. The van der Waals surface area contributed by atoms with Crippen molar-refractivity contribution in [1.29, 1.82) is 0 Å². The van der Waals surface area contributed by atoms with E-state index in [0.29, 0.717) is 6.61 Å². The largest absolute Gasteiger partial charge is 0.408 e. The van der Waals surface area contributed by atoms with Crippen LogP contribution in [-0.4, -0.2) is 82.1 Å². The Hall–Kier alpha value is -0.0231. The van der Waals surface area contributed by atoms with Crippen LogP contribution in [0, 0.1) is 0 Å². The molecule has 0 aliphatic carbocycles. The lowest BCUT2D eigenvalue weighted by Gasteiger charge is -2.43. The van der Waals surface area contributed by atoms with E-state index < -0.39 is 19.9 Å². The van der Waals surface area contributed by atoms with E-state index in [0.717, 1.165) is 11.0 Å². The monoisotopic (exact) mass is 783 g/mol. The minimum Gasteiger partial charge on any atom is -0.408 e. The first-order valence-electron chi connectivity index (χ1n) is 23.6. The molecule has 0 N–H and O–H groups in total. The lowest BCUT2D eigenvalue weighted by molar-refractivity contribution is -0.913. The van der Waals surface area contributed by atoms with E-state index in [4.69, 9.17) is 23.4 Å². The third-order valence-electron chi connectivity index (χ3n) is 12.9. The average Bonchev–Trinajstić information content (AvgIpc) is 3.60. The summed E-state index contributed by atoms with van der Waals surface area (Å²) in [7, 11) is 0.344. The van der Waals surface area contributed by atoms with Gasteiger partial charge in [0.25, 0.3) is 0 Å². The molecule has 0 aromatic rings. The number of hydrogen-bond donors (Lipinski definition) is 0. The van der Waals surface area contributed by atoms with E-state index in [9.17, 15) is 0 Å². The second-order valence-corrected chi connectivity index (χ2v) is 25.1. The second kappa shape index (κ2) is 25.5. The fourth-order valence-corrected chi connectivity index (χ4v) is 9.75. The molecule has 0 spiro atoms. The van der Waals surface area contributed by atoms with Crippen molar-refractivity contribution in [2.75, 3.05) is 33.3 Å². The second-order valence-electron chi connectivity index (χ2n) is 20.4. The zero-order chi connectivity index (χ0) is 40.1. The van der Waals surface area contributed by atoms with Crippen molar-refractivity contribution in [2.45, 2.75) is 271 Å². The summed E-state index contributed by atoms with van der Waals surface area (Å²) in [6, 6.07) is 0. The highest BCUT2D eigenvalue weighted by molar-refractivity contribution is 6.74. The number of quaternary nitrogens is 1. The summed E-state index contributed by atoms with van der Waals surface area (Å²) in [5.41, 5.74) is 0. The minimum atomic E-state index is -2.16. The summed E-state index contributed by atoms with van der Waals surface area (Å²) in [5.74, 6) is -1.30. The van der Waals surface area contributed by atoms with Crippen molar-refractivity contribution in [3.05, 3.63) is 0 Å². The molecule has 0 aromatic heterocycles. The first-order valence-corrected chi connectivity index (χ1v) is 26.5. The van der Waals surface area contributed by atoms with Crippen LogP contribution < -0.4 is 0 Å². The van der Waals surface area contributed by atoms with Crippen LogP contribution in [0.4, 0.5) is 0 Å². The summed E-state index contributed by atoms with van der Waals surface area (Å²) >= 11 is 0. The van der Waals surface area contributed by atoms with Crippen LogP contribution in [-0.2, 0) is 23.4 Å². The fourth-order valence-electron chi connectivity index (χ4n) is 8.43. The van der Waals surface area contributed by atoms with Crippen LogP contribution in [0.2, 0.25) is 18.1 Å². The predicted molar refractivity (Wildman–Crippen MR) is 234 cm³/mol. The van der Waals surface area contributed by atoms with Crippen molar-refractivity contribution in [2.24, 2.45) is 0 Å². The number of ether oxygens (including phenoxy) is 4. The van der Waals surface area contributed by atoms with E-state index in [1.165, 1.54) is 167 Å². The Morgan fingerprint density at radius 1 is 0.593 bits per heavy atom. The van der Waals surface area contributed by atoms with Crippen LogP contribution in [0.3, 0.4) is 0 Å². The molecule has 2 aliphatic heterocycles. The quantitative estimate of drug-likeness (QED) is 0.0386. The molecule has 2 fully saturated rings. The summed E-state index contributed by atoms with van der Waals surface area (Å²) in [6.07, 6.45) is 32.6. The lowest BCUT2D eigenvalue weighted by Crippen LogP contribution is -2.58. The molecule has 0 unspecified atom stereocenters. The lowest BCUT2D eigenvalue weighted by atomic mass is 10.0. The van der Waals surface area contributed by atoms with E-state index in [2.05, 4.69) is 68.6 Å². The van der Waals surface area contributed by atoms with Gasteiger partial charge in [-0.2, -0.15) is 0 Å². The zero-order valence-corrected chi connectivity index (χ0v) is 39.6. The molecule has 0 amide bonds. The van der Waals surface area contributed by atoms with Gasteiger partial charge in [-0.1, -0.05) is 163 Å². The van der Waals surface area contributed by atoms with Gasteiger partial charge in [-0.05, 0) is 71.5 Å². The van der Waals surface area contributed by atoms with E-state index >= 15 is 0 Å². The van der Waals surface area contributed by atoms with Crippen LogP contribution in [0.25, 0.3) is 0 Å². The van der Waals surface area contributed by atoms with Gasteiger partial charge in [0.2, 0.25) is 0 Å². The third kappa shape index (κ3) is 20.1. The van der Waals surface area contributed by atoms with Gasteiger partial charge in [-0.25, -0.2) is 0 Å². The Bertz CT molecular complexity index is 921. The van der Waals surface area contributed by atoms with Crippen molar-refractivity contribution in [1.82, 2.24) is 0 Å². The topological polar surface area (TPSA) is 46.2 Å². The van der Waals surface area contributed by atoms with Gasteiger partial charge in [0.05, 0.1) is 26.7 Å². The first-order chi connectivity index (χ1) is 25.4. The fraction of sp³-hybridized carbons (Fsp3) is 1.00. The van der Waals surface area contributed by atoms with Gasteiger partial charge in [0, 0.05) is 0 Å². The molecular weight excluding hydrogens is 687 g/mol. The van der Waals surface area contributed by atoms with Gasteiger partial charge < -0.3 is 27.9 Å². The molecule has 7 heteroatoms.